The Morgan fingerprint density at radius 3 is 1.22 bits per heavy atom. The quantitative estimate of drug-likeness (QED) is 0.182. The molecule has 4 nitrogen and oxygen atoms in total. The van der Waals surface area contributed by atoms with Gasteiger partial charge in [-0.05, 0) is 27.4 Å². The molecule has 0 amide bonds. The van der Waals surface area contributed by atoms with Crippen molar-refractivity contribution in [3.05, 3.63) is 84.9 Å². The number of rotatable bonds is 4. The van der Waals surface area contributed by atoms with Crippen LogP contribution in [0.15, 0.2) is 89.3 Å². The first-order chi connectivity index (χ1) is 24.1. The Hall–Kier alpha value is -5.03. The summed E-state index contributed by atoms with van der Waals surface area (Å²) in [6.07, 6.45) is 0. The molecule has 0 fully saturated rings. The molecule has 0 radical (unpaired) electrons. The highest BCUT2D eigenvalue weighted by molar-refractivity contribution is 6.72. The van der Waals surface area contributed by atoms with Crippen LogP contribution in [0.25, 0.3) is 78.0 Å². The lowest BCUT2D eigenvalue weighted by atomic mass is 9.61. The summed E-state index contributed by atoms with van der Waals surface area (Å²) in [6, 6.07) is 28.9. The summed E-state index contributed by atoms with van der Waals surface area (Å²) in [5, 5.41) is 5.10. The molecule has 228 valence electrons. The zero-order chi connectivity index (χ0) is 35.0. The van der Waals surface area contributed by atoms with Crippen LogP contribution in [0.5, 0.6) is 0 Å². The standard InChI is InChI=1S/C37H32B9N3O/c38-24-21-22(27(41)30(44)29(43)26(21)40)28(42)34-23(24)20-19(25(39)31(45)32(46)33(20)50-34)15-11-13-18(14-12-15)37-48-35(16-7-3-1-4-8-16)47-36(49-37)17-9-5-2-6-10-17/h1-14H,38-46H2. The molecule has 2 heterocycles. The van der Waals surface area contributed by atoms with Crippen LogP contribution >= 0.6 is 0 Å². The molecule has 0 bridgehead atoms. The minimum Gasteiger partial charge on any atom is -0.457 e. The number of benzene rings is 6. The van der Waals surface area contributed by atoms with E-state index >= 15 is 0 Å². The van der Waals surface area contributed by atoms with Gasteiger partial charge in [-0.2, -0.15) is 0 Å². The van der Waals surface area contributed by atoms with E-state index in [0.717, 1.165) is 33.4 Å². The van der Waals surface area contributed by atoms with Crippen molar-refractivity contribution >= 4 is 152 Å². The van der Waals surface area contributed by atoms with Crippen molar-refractivity contribution in [1.82, 2.24) is 15.0 Å². The van der Waals surface area contributed by atoms with Gasteiger partial charge < -0.3 is 4.42 Å². The molecule has 8 aromatic rings. The molecule has 0 saturated carbocycles. The Morgan fingerprint density at radius 2 is 0.720 bits per heavy atom. The molecule has 6 aromatic carbocycles. The Bertz CT molecular complexity index is 2620. The van der Waals surface area contributed by atoms with Gasteiger partial charge in [0.15, 0.2) is 17.5 Å². The average Bonchev–Trinajstić information content (AvgIpc) is 3.55. The molecule has 8 rings (SSSR count). The van der Waals surface area contributed by atoms with Gasteiger partial charge in [-0.25, -0.2) is 15.0 Å². The molecule has 0 saturated heterocycles. The second-order valence-electron chi connectivity index (χ2n) is 13.9. The van der Waals surface area contributed by atoms with Crippen LogP contribution < -0.4 is 49.2 Å². The first kappa shape index (κ1) is 32.2. The predicted octanol–water partition coefficient (Wildman–Crippen LogP) is -6.08. The van der Waals surface area contributed by atoms with Crippen LogP contribution in [-0.2, 0) is 0 Å². The van der Waals surface area contributed by atoms with Crippen molar-refractivity contribution in [3.63, 3.8) is 0 Å². The van der Waals surface area contributed by atoms with Crippen LogP contribution in [0.2, 0.25) is 0 Å². The first-order valence-corrected chi connectivity index (χ1v) is 17.4. The van der Waals surface area contributed by atoms with Crippen molar-refractivity contribution < 1.29 is 4.42 Å². The normalized spacial score (nSPS) is 11.5. The highest BCUT2D eigenvalue weighted by Gasteiger charge is 2.25. The summed E-state index contributed by atoms with van der Waals surface area (Å²) in [7, 11) is 20.2. The predicted molar refractivity (Wildman–Crippen MR) is 240 cm³/mol. The Labute approximate surface area is 301 Å². The molecule has 2 aromatic heterocycles. The number of nitrogens with zero attached hydrogens (tertiary/aromatic N) is 3. The van der Waals surface area contributed by atoms with Crippen LogP contribution in [0.1, 0.15) is 0 Å². The third-order valence-electron chi connectivity index (χ3n) is 11.3. The molecular formula is C37H32B9N3O. The summed E-state index contributed by atoms with van der Waals surface area (Å²) in [5.41, 5.74) is 18.9. The average molecular weight is 632 g/mol. The van der Waals surface area contributed by atoms with E-state index in [0.29, 0.717) is 17.5 Å². The van der Waals surface area contributed by atoms with Crippen LogP contribution in [0.3, 0.4) is 0 Å². The molecule has 0 aliphatic carbocycles. The summed E-state index contributed by atoms with van der Waals surface area (Å²) in [6.45, 7) is 0. The van der Waals surface area contributed by atoms with Gasteiger partial charge in [-0.1, -0.05) is 118 Å². The Kier molecular flexibility index (Phi) is 7.78. The van der Waals surface area contributed by atoms with E-state index in [9.17, 15) is 0 Å². The van der Waals surface area contributed by atoms with Crippen molar-refractivity contribution in [2.45, 2.75) is 0 Å². The number of hydrogen-bond donors (Lipinski definition) is 0. The van der Waals surface area contributed by atoms with Crippen molar-refractivity contribution in [2.75, 3.05) is 0 Å². The zero-order valence-corrected chi connectivity index (χ0v) is 30.3. The van der Waals surface area contributed by atoms with E-state index in [1.165, 1.54) is 76.3 Å². The fraction of sp³-hybridized carbons (Fsp3) is 0. The second kappa shape index (κ2) is 12.1. The van der Waals surface area contributed by atoms with Crippen LogP contribution in [0, 0.1) is 0 Å². The van der Waals surface area contributed by atoms with Gasteiger partial charge in [-0.15, -0.1) is 10.9 Å². The monoisotopic (exact) mass is 633 g/mol. The van der Waals surface area contributed by atoms with Gasteiger partial charge in [0.25, 0.3) is 0 Å². The number of hydrogen-bond acceptors (Lipinski definition) is 4. The third kappa shape index (κ3) is 4.85. The molecule has 0 unspecified atom stereocenters. The molecular weight excluding hydrogens is 600 g/mol. The molecule has 0 spiro atoms. The second-order valence-corrected chi connectivity index (χ2v) is 13.9. The van der Waals surface area contributed by atoms with E-state index in [2.05, 4.69) is 94.9 Å². The number of aromatic nitrogens is 3. The fourth-order valence-electron chi connectivity index (χ4n) is 7.96. The first-order valence-electron chi connectivity index (χ1n) is 17.4. The maximum absolute atomic E-state index is 6.94. The number of fused-ring (bicyclic) bond motifs is 4. The Balaban J connectivity index is 1.36. The van der Waals surface area contributed by atoms with E-state index in [4.69, 9.17) is 19.4 Å². The molecule has 0 atom stereocenters. The molecule has 13 heteroatoms. The maximum atomic E-state index is 6.94. The summed E-state index contributed by atoms with van der Waals surface area (Å²) < 4.78 is 6.94. The smallest absolute Gasteiger partial charge is 0.164 e. The third-order valence-corrected chi connectivity index (χ3v) is 11.3. The lowest BCUT2D eigenvalue weighted by Gasteiger charge is -2.20. The van der Waals surface area contributed by atoms with Gasteiger partial charge in [-0.3, -0.25) is 0 Å². The zero-order valence-electron chi connectivity index (χ0n) is 30.3. The van der Waals surface area contributed by atoms with Gasteiger partial charge in [0.1, 0.15) is 81.8 Å². The van der Waals surface area contributed by atoms with Gasteiger partial charge in [0, 0.05) is 27.5 Å². The maximum Gasteiger partial charge on any atom is 0.164 e. The topological polar surface area (TPSA) is 51.8 Å². The minimum absolute atomic E-state index is 0.648. The summed E-state index contributed by atoms with van der Waals surface area (Å²) >= 11 is 0. The highest BCUT2D eigenvalue weighted by atomic mass is 16.3. The van der Waals surface area contributed by atoms with E-state index in [-0.39, 0.29) is 0 Å². The Morgan fingerprint density at radius 1 is 0.320 bits per heavy atom. The van der Waals surface area contributed by atoms with E-state index in [1.807, 2.05) is 60.7 Å². The van der Waals surface area contributed by atoms with Crippen molar-refractivity contribution in [2.24, 2.45) is 0 Å². The van der Waals surface area contributed by atoms with Crippen molar-refractivity contribution in [3.8, 4) is 45.3 Å². The SMILES string of the molecule is Bc1c(B)c(-c2ccc(-c3nc(-c4ccccc4)nc(-c4ccccc4)n3)cc2)c2c(oc3c(B)c4c(B)c(B)c(B)c(B)c4c(B)c32)c1B. The molecule has 0 aliphatic rings. The summed E-state index contributed by atoms with van der Waals surface area (Å²) in [4.78, 5) is 14.8. The number of furan rings is 1. The van der Waals surface area contributed by atoms with Crippen LogP contribution in [0.4, 0.5) is 0 Å². The summed E-state index contributed by atoms with van der Waals surface area (Å²) in [5.74, 6) is 1.96. The molecule has 0 N–H and O–H groups in total. The van der Waals surface area contributed by atoms with Crippen molar-refractivity contribution in [1.29, 1.82) is 0 Å². The van der Waals surface area contributed by atoms with Gasteiger partial charge in [0.2, 0.25) is 0 Å². The van der Waals surface area contributed by atoms with Gasteiger partial charge in [0.05, 0.1) is 0 Å². The lowest BCUT2D eigenvalue weighted by molar-refractivity contribution is 0.675. The largest absolute Gasteiger partial charge is 0.457 e. The molecule has 0 aliphatic heterocycles. The van der Waals surface area contributed by atoms with E-state index < -0.39 is 0 Å². The lowest BCUT2D eigenvalue weighted by Crippen LogP contribution is -2.50. The fourth-order valence-corrected chi connectivity index (χ4v) is 7.96. The molecule has 50 heavy (non-hydrogen) atoms. The van der Waals surface area contributed by atoms with E-state index in [1.54, 1.807) is 0 Å². The highest BCUT2D eigenvalue weighted by Crippen LogP contribution is 2.35. The minimum atomic E-state index is 0.648. The van der Waals surface area contributed by atoms with Gasteiger partial charge >= 0.3 is 0 Å². The van der Waals surface area contributed by atoms with Crippen LogP contribution in [-0.4, -0.2) is 85.6 Å².